The smallest absolute Gasteiger partial charge is 0.312 e. The van der Waals surface area contributed by atoms with Gasteiger partial charge in [0, 0.05) is 30.6 Å². The summed E-state index contributed by atoms with van der Waals surface area (Å²) in [4.78, 5) is 35.5. The van der Waals surface area contributed by atoms with E-state index < -0.39 is 17.0 Å². The highest BCUT2D eigenvalue weighted by Crippen LogP contribution is 2.31. The van der Waals surface area contributed by atoms with Crippen LogP contribution >= 0.6 is 11.6 Å². The number of aliphatic carboxylic acids is 1. The molecule has 1 saturated heterocycles. The summed E-state index contributed by atoms with van der Waals surface area (Å²) in [6, 6.07) is 4.01. The van der Waals surface area contributed by atoms with E-state index in [-0.39, 0.29) is 34.7 Å². The average Bonchev–Trinajstić information content (AvgIpc) is 2.60. The van der Waals surface area contributed by atoms with Crippen LogP contribution in [0.1, 0.15) is 32.6 Å². The monoisotopic (exact) mass is 384 g/mol. The number of amides is 1. The fourth-order valence-electron chi connectivity index (χ4n) is 3.06. The fraction of sp³-hybridized carbons (Fsp3) is 0.529. The highest BCUT2D eigenvalue weighted by Gasteiger charge is 2.29. The topological polar surface area (TPSA) is 110 Å². The molecular weight excluding hydrogens is 364 g/mol. The summed E-state index contributed by atoms with van der Waals surface area (Å²) in [5, 5.41) is 20.1. The van der Waals surface area contributed by atoms with E-state index >= 15 is 0 Å². The van der Waals surface area contributed by atoms with Gasteiger partial charge in [-0.2, -0.15) is 0 Å². The molecule has 0 aromatic heterocycles. The first-order valence-electron chi connectivity index (χ1n) is 8.39. The number of rotatable bonds is 7. The molecule has 142 valence electrons. The third kappa shape index (κ3) is 5.32. The number of nitro groups is 1. The Morgan fingerprint density at radius 2 is 2.23 bits per heavy atom. The number of hydrogen-bond donors (Lipinski definition) is 1. The summed E-state index contributed by atoms with van der Waals surface area (Å²) in [6.45, 7) is 2.59. The zero-order valence-electron chi connectivity index (χ0n) is 14.4. The Morgan fingerprint density at radius 3 is 2.88 bits per heavy atom. The van der Waals surface area contributed by atoms with Crippen LogP contribution in [-0.2, 0) is 9.59 Å². The maximum absolute atomic E-state index is 12.6. The van der Waals surface area contributed by atoms with Crippen molar-refractivity contribution in [2.24, 2.45) is 5.92 Å². The van der Waals surface area contributed by atoms with Gasteiger partial charge in [0.15, 0.2) is 11.9 Å². The maximum Gasteiger partial charge on any atom is 0.312 e. The van der Waals surface area contributed by atoms with Gasteiger partial charge in [0.25, 0.3) is 5.91 Å². The van der Waals surface area contributed by atoms with E-state index in [2.05, 4.69) is 0 Å². The lowest BCUT2D eigenvalue weighted by atomic mass is 9.93. The summed E-state index contributed by atoms with van der Waals surface area (Å²) in [7, 11) is 0. The molecule has 1 aliphatic heterocycles. The first-order chi connectivity index (χ1) is 12.3. The lowest BCUT2D eigenvalue weighted by molar-refractivity contribution is -0.386. The van der Waals surface area contributed by atoms with Gasteiger partial charge in [0.1, 0.15) is 0 Å². The Kier molecular flexibility index (Phi) is 6.79. The molecule has 1 aliphatic rings. The number of carbonyl (C=O) groups excluding carboxylic acids is 1. The highest BCUT2D eigenvalue weighted by molar-refractivity contribution is 6.30. The van der Waals surface area contributed by atoms with Crippen molar-refractivity contribution < 1.29 is 24.4 Å². The third-order valence-corrected chi connectivity index (χ3v) is 4.60. The number of ether oxygens (including phenoxy) is 1. The summed E-state index contributed by atoms with van der Waals surface area (Å²) < 4.78 is 5.52. The van der Waals surface area contributed by atoms with Crippen LogP contribution in [-0.4, -0.2) is 46.0 Å². The van der Waals surface area contributed by atoms with Gasteiger partial charge in [-0.15, -0.1) is 0 Å². The summed E-state index contributed by atoms with van der Waals surface area (Å²) in [5.74, 6) is -0.991. The van der Waals surface area contributed by atoms with E-state index in [1.807, 2.05) is 0 Å². The molecule has 2 rings (SSSR count). The molecule has 0 bridgehead atoms. The Labute approximate surface area is 155 Å². The highest BCUT2D eigenvalue weighted by atomic mass is 35.5. The molecule has 1 fully saturated rings. The SMILES string of the molecule is CC(Oc1ccc(Cl)cc1[N+](=O)[O-])C(=O)N1CCCC(CCC(=O)O)C1. The molecule has 9 heteroatoms. The van der Waals surface area contributed by atoms with E-state index in [4.69, 9.17) is 21.4 Å². The van der Waals surface area contributed by atoms with E-state index in [1.165, 1.54) is 18.2 Å². The zero-order valence-corrected chi connectivity index (χ0v) is 15.1. The Balaban J connectivity index is 2.01. The number of benzene rings is 1. The number of nitro benzene ring substituents is 1. The number of hydrogen-bond acceptors (Lipinski definition) is 5. The van der Waals surface area contributed by atoms with E-state index in [0.717, 1.165) is 12.8 Å². The lowest BCUT2D eigenvalue weighted by Gasteiger charge is -2.34. The number of likely N-dealkylation sites (tertiary alicyclic amines) is 1. The minimum atomic E-state index is -0.895. The molecule has 1 heterocycles. The van der Waals surface area contributed by atoms with Crippen LogP contribution in [0.5, 0.6) is 5.75 Å². The number of carboxylic acids is 1. The van der Waals surface area contributed by atoms with Crippen LogP contribution in [0.3, 0.4) is 0 Å². The van der Waals surface area contributed by atoms with Crippen molar-refractivity contribution >= 4 is 29.2 Å². The average molecular weight is 385 g/mol. The number of nitrogens with zero attached hydrogens (tertiary/aromatic N) is 2. The van der Waals surface area contributed by atoms with Crippen LogP contribution in [0.25, 0.3) is 0 Å². The largest absolute Gasteiger partial charge is 0.481 e. The fourth-order valence-corrected chi connectivity index (χ4v) is 3.23. The van der Waals surface area contributed by atoms with Gasteiger partial charge in [0.2, 0.25) is 0 Å². The van der Waals surface area contributed by atoms with E-state index in [0.29, 0.717) is 19.5 Å². The van der Waals surface area contributed by atoms with Crippen molar-refractivity contribution in [3.8, 4) is 5.75 Å². The second-order valence-electron chi connectivity index (χ2n) is 6.35. The molecule has 1 amide bonds. The van der Waals surface area contributed by atoms with Crippen molar-refractivity contribution in [3.05, 3.63) is 33.3 Å². The van der Waals surface area contributed by atoms with Gasteiger partial charge in [-0.3, -0.25) is 19.7 Å². The molecule has 0 spiro atoms. The quantitative estimate of drug-likeness (QED) is 0.571. The summed E-state index contributed by atoms with van der Waals surface area (Å²) in [6.07, 6.45) is 1.39. The van der Waals surface area contributed by atoms with Crippen molar-refractivity contribution in [1.82, 2.24) is 4.90 Å². The van der Waals surface area contributed by atoms with Crippen molar-refractivity contribution in [1.29, 1.82) is 0 Å². The molecule has 1 N–H and O–H groups in total. The van der Waals surface area contributed by atoms with Crippen LogP contribution < -0.4 is 4.74 Å². The first-order valence-corrected chi connectivity index (χ1v) is 8.77. The van der Waals surface area contributed by atoms with Gasteiger partial charge < -0.3 is 14.7 Å². The van der Waals surface area contributed by atoms with Gasteiger partial charge >= 0.3 is 11.7 Å². The number of carbonyl (C=O) groups is 2. The second kappa shape index (κ2) is 8.84. The molecule has 26 heavy (non-hydrogen) atoms. The van der Waals surface area contributed by atoms with Crippen LogP contribution in [0.15, 0.2) is 18.2 Å². The van der Waals surface area contributed by atoms with Crippen molar-refractivity contribution in [3.63, 3.8) is 0 Å². The van der Waals surface area contributed by atoms with Crippen LogP contribution in [0.2, 0.25) is 5.02 Å². The normalized spacial score (nSPS) is 18.2. The van der Waals surface area contributed by atoms with Crippen molar-refractivity contribution in [2.75, 3.05) is 13.1 Å². The van der Waals surface area contributed by atoms with Gasteiger partial charge in [-0.1, -0.05) is 11.6 Å². The number of halogens is 1. The number of carboxylic acid groups (broad SMARTS) is 1. The third-order valence-electron chi connectivity index (χ3n) is 4.37. The van der Waals surface area contributed by atoms with E-state index in [1.54, 1.807) is 11.8 Å². The minimum Gasteiger partial charge on any atom is -0.481 e. The second-order valence-corrected chi connectivity index (χ2v) is 6.79. The van der Waals surface area contributed by atoms with Crippen LogP contribution in [0, 0.1) is 16.0 Å². The molecule has 0 saturated carbocycles. The van der Waals surface area contributed by atoms with E-state index in [9.17, 15) is 19.7 Å². The van der Waals surface area contributed by atoms with Gasteiger partial charge in [-0.25, -0.2) is 0 Å². The van der Waals surface area contributed by atoms with Crippen molar-refractivity contribution in [2.45, 2.75) is 38.7 Å². The molecule has 8 nitrogen and oxygen atoms in total. The predicted molar refractivity (Wildman–Crippen MR) is 94.4 cm³/mol. The minimum absolute atomic E-state index is 0.0142. The molecule has 0 aliphatic carbocycles. The maximum atomic E-state index is 12.6. The lowest BCUT2D eigenvalue weighted by Crippen LogP contribution is -2.45. The molecule has 2 atom stereocenters. The molecule has 1 aromatic rings. The number of piperidine rings is 1. The predicted octanol–water partition coefficient (Wildman–Crippen LogP) is 3.12. The summed E-state index contributed by atoms with van der Waals surface area (Å²) in [5.41, 5.74) is -0.296. The molecule has 0 radical (unpaired) electrons. The Morgan fingerprint density at radius 1 is 1.50 bits per heavy atom. The van der Waals surface area contributed by atoms with Gasteiger partial charge in [0.05, 0.1) is 4.92 Å². The molecular formula is C17H21ClN2O6. The van der Waals surface area contributed by atoms with Crippen LogP contribution in [0.4, 0.5) is 5.69 Å². The first kappa shape index (κ1) is 20.0. The Hall–Kier alpha value is -2.35. The zero-order chi connectivity index (χ0) is 19.3. The molecule has 1 aromatic carbocycles. The summed E-state index contributed by atoms with van der Waals surface area (Å²) >= 11 is 5.77. The molecule has 2 unspecified atom stereocenters. The van der Waals surface area contributed by atoms with Gasteiger partial charge in [-0.05, 0) is 44.2 Å². The Bertz CT molecular complexity index is 696. The standard InChI is InChI=1S/C17H21ClN2O6/c1-11(26-15-6-5-13(18)9-14(15)20(24)25)17(23)19-8-2-3-12(10-19)4-7-16(21)22/h5-6,9,11-12H,2-4,7-8,10H2,1H3,(H,21,22).